The number of sulfone groups is 1. The molecule has 0 amide bonds. The highest BCUT2D eigenvalue weighted by molar-refractivity contribution is 7.90. The van der Waals surface area contributed by atoms with Crippen molar-refractivity contribution in [2.24, 2.45) is 0 Å². The third-order valence-corrected chi connectivity index (χ3v) is 4.15. The molecule has 0 atom stereocenters. The van der Waals surface area contributed by atoms with Crippen molar-refractivity contribution in [2.45, 2.75) is 11.5 Å². The van der Waals surface area contributed by atoms with E-state index in [4.69, 9.17) is 10.00 Å². The van der Waals surface area contributed by atoms with Gasteiger partial charge in [0.05, 0.1) is 22.1 Å². The number of carbonyl (C=O) groups is 1. The van der Waals surface area contributed by atoms with Crippen LogP contribution in [-0.2, 0) is 21.2 Å². The van der Waals surface area contributed by atoms with E-state index in [1.807, 2.05) is 0 Å². The number of hydrogen-bond donors (Lipinski definition) is 0. The second kappa shape index (κ2) is 6.58. The van der Waals surface area contributed by atoms with Gasteiger partial charge in [0.2, 0.25) is 0 Å². The minimum atomic E-state index is -3.44. The van der Waals surface area contributed by atoms with Crippen molar-refractivity contribution in [1.82, 2.24) is 0 Å². The highest BCUT2D eigenvalue weighted by atomic mass is 32.2. The van der Waals surface area contributed by atoms with E-state index in [-0.39, 0.29) is 28.2 Å². The van der Waals surface area contributed by atoms with Gasteiger partial charge in [0, 0.05) is 11.8 Å². The minimum absolute atomic E-state index is 0.00324. The lowest BCUT2D eigenvalue weighted by atomic mass is 10.1. The zero-order valence-corrected chi connectivity index (χ0v) is 12.9. The second-order valence-electron chi connectivity index (χ2n) is 4.79. The maximum Gasteiger partial charge on any atom is 0.338 e. The predicted octanol–water partition coefficient (Wildman–Crippen LogP) is 2.46. The quantitative estimate of drug-likeness (QED) is 0.803. The first kappa shape index (κ1) is 16.6. The summed E-state index contributed by atoms with van der Waals surface area (Å²) in [6.07, 6.45) is 1.03. The molecule has 0 fully saturated rings. The number of rotatable bonds is 4. The number of halogens is 1. The molecule has 0 unspecified atom stereocenters. The number of benzene rings is 2. The van der Waals surface area contributed by atoms with Crippen LogP contribution < -0.4 is 0 Å². The van der Waals surface area contributed by atoms with E-state index >= 15 is 0 Å². The second-order valence-corrected chi connectivity index (χ2v) is 6.81. The Morgan fingerprint density at radius 2 is 2.00 bits per heavy atom. The van der Waals surface area contributed by atoms with Crippen LogP contribution in [-0.4, -0.2) is 20.6 Å². The summed E-state index contributed by atoms with van der Waals surface area (Å²) in [7, 11) is -3.44. The average molecular weight is 333 g/mol. The normalized spacial score (nSPS) is 10.8. The predicted molar refractivity (Wildman–Crippen MR) is 79.8 cm³/mol. The lowest BCUT2D eigenvalue weighted by molar-refractivity contribution is 0.0468. The summed E-state index contributed by atoms with van der Waals surface area (Å²) in [5, 5.41) is 8.66. The summed E-state index contributed by atoms with van der Waals surface area (Å²) in [6, 6.07) is 11.0. The monoisotopic (exact) mass is 333 g/mol. The van der Waals surface area contributed by atoms with E-state index in [1.165, 1.54) is 36.4 Å². The van der Waals surface area contributed by atoms with Gasteiger partial charge in [-0.1, -0.05) is 12.1 Å². The van der Waals surface area contributed by atoms with Crippen LogP contribution in [0.4, 0.5) is 4.39 Å². The molecule has 2 rings (SSSR count). The van der Waals surface area contributed by atoms with E-state index in [2.05, 4.69) is 0 Å². The first-order valence-corrected chi connectivity index (χ1v) is 8.36. The molecule has 0 saturated carbocycles. The number of nitriles is 1. The van der Waals surface area contributed by atoms with Gasteiger partial charge in [-0.3, -0.25) is 0 Å². The summed E-state index contributed by atoms with van der Waals surface area (Å²) in [5.41, 5.74) is 0.344. The standard InChI is InChI=1S/C16H12FNO4S/c1-23(20,21)14-4-2-3-12(8-14)16(19)22-10-13-6-5-11(9-18)7-15(13)17/h2-8H,10H2,1H3. The Kier molecular flexibility index (Phi) is 4.77. The Bertz CT molecular complexity index is 901. The minimum Gasteiger partial charge on any atom is -0.457 e. The van der Waals surface area contributed by atoms with E-state index in [0.29, 0.717) is 0 Å². The highest BCUT2D eigenvalue weighted by Gasteiger charge is 2.13. The van der Waals surface area contributed by atoms with Gasteiger partial charge < -0.3 is 4.74 Å². The maximum absolute atomic E-state index is 13.7. The number of carbonyl (C=O) groups excluding carboxylic acids is 1. The zero-order valence-electron chi connectivity index (χ0n) is 12.1. The molecule has 0 aromatic heterocycles. The van der Waals surface area contributed by atoms with Crippen LogP contribution in [0.2, 0.25) is 0 Å². The number of hydrogen-bond acceptors (Lipinski definition) is 5. The molecule has 0 heterocycles. The molecule has 0 spiro atoms. The van der Waals surface area contributed by atoms with E-state index < -0.39 is 21.6 Å². The number of ether oxygens (including phenoxy) is 1. The molecular weight excluding hydrogens is 321 g/mol. The van der Waals surface area contributed by atoms with Crippen molar-refractivity contribution in [3.05, 3.63) is 65.0 Å². The van der Waals surface area contributed by atoms with E-state index in [9.17, 15) is 17.6 Å². The van der Waals surface area contributed by atoms with Crippen molar-refractivity contribution < 1.29 is 22.3 Å². The van der Waals surface area contributed by atoms with Crippen LogP contribution in [0.5, 0.6) is 0 Å². The van der Waals surface area contributed by atoms with Gasteiger partial charge in [-0.2, -0.15) is 5.26 Å². The fraction of sp³-hybridized carbons (Fsp3) is 0.125. The van der Waals surface area contributed by atoms with Gasteiger partial charge >= 0.3 is 5.97 Å². The van der Waals surface area contributed by atoms with Crippen LogP contribution in [0.15, 0.2) is 47.4 Å². The van der Waals surface area contributed by atoms with Gasteiger partial charge in [-0.15, -0.1) is 0 Å². The van der Waals surface area contributed by atoms with Gasteiger partial charge in [-0.25, -0.2) is 17.6 Å². The Morgan fingerprint density at radius 3 is 2.61 bits per heavy atom. The van der Waals surface area contributed by atoms with Crippen LogP contribution >= 0.6 is 0 Å². The molecule has 0 aliphatic rings. The lowest BCUT2D eigenvalue weighted by Gasteiger charge is -2.07. The summed E-state index contributed by atoms with van der Waals surface area (Å²) >= 11 is 0. The fourth-order valence-corrected chi connectivity index (χ4v) is 2.48. The molecule has 0 bridgehead atoms. The molecule has 5 nitrogen and oxygen atoms in total. The summed E-state index contributed by atoms with van der Waals surface area (Å²) in [5.74, 6) is -1.42. The van der Waals surface area contributed by atoms with Crippen LogP contribution in [0.3, 0.4) is 0 Å². The molecular formula is C16H12FNO4S. The van der Waals surface area contributed by atoms with Crippen LogP contribution in [0.25, 0.3) is 0 Å². The summed E-state index contributed by atoms with van der Waals surface area (Å²) in [4.78, 5) is 11.9. The lowest BCUT2D eigenvalue weighted by Crippen LogP contribution is -2.08. The summed E-state index contributed by atoms with van der Waals surface area (Å²) in [6.45, 7) is -0.320. The van der Waals surface area contributed by atoms with E-state index in [1.54, 1.807) is 6.07 Å². The Labute approximate surface area is 132 Å². The molecule has 7 heteroatoms. The Hall–Kier alpha value is -2.72. The van der Waals surface area contributed by atoms with Gasteiger partial charge in [0.15, 0.2) is 9.84 Å². The Morgan fingerprint density at radius 1 is 1.26 bits per heavy atom. The number of nitrogens with zero attached hydrogens (tertiary/aromatic N) is 1. The van der Waals surface area contributed by atoms with Crippen molar-refractivity contribution >= 4 is 15.8 Å². The van der Waals surface area contributed by atoms with Crippen molar-refractivity contribution in [3.8, 4) is 6.07 Å². The molecule has 0 saturated heterocycles. The van der Waals surface area contributed by atoms with Crippen molar-refractivity contribution in [3.63, 3.8) is 0 Å². The summed E-state index contributed by atoms with van der Waals surface area (Å²) < 4.78 is 41.6. The van der Waals surface area contributed by atoms with Gasteiger partial charge in [0.1, 0.15) is 12.4 Å². The molecule has 0 N–H and O–H groups in total. The molecule has 0 radical (unpaired) electrons. The Balaban J connectivity index is 2.13. The largest absolute Gasteiger partial charge is 0.457 e. The molecule has 0 aliphatic carbocycles. The highest BCUT2D eigenvalue weighted by Crippen LogP contribution is 2.15. The molecule has 118 valence electrons. The van der Waals surface area contributed by atoms with Crippen molar-refractivity contribution in [2.75, 3.05) is 6.26 Å². The zero-order chi connectivity index (χ0) is 17.0. The van der Waals surface area contributed by atoms with Gasteiger partial charge in [0.25, 0.3) is 0 Å². The first-order valence-electron chi connectivity index (χ1n) is 6.47. The maximum atomic E-state index is 13.7. The topological polar surface area (TPSA) is 84.2 Å². The molecule has 2 aromatic rings. The van der Waals surface area contributed by atoms with Gasteiger partial charge in [-0.05, 0) is 30.3 Å². The fourth-order valence-electron chi connectivity index (χ4n) is 1.81. The number of esters is 1. The van der Waals surface area contributed by atoms with Crippen molar-refractivity contribution in [1.29, 1.82) is 5.26 Å². The van der Waals surface area contributed by atoms with E-state index in [0.717, 1.165) is 12.3 Å². The third kappa shape index (κ3) is 4.14. The third-order valence-electron chi connectivity index (χ3n) is 3.04. The molecule has 0 aliphatic heterocycles. The smallest absolute Gasteiger partial charge is 0.338 e. The SMILES string of the molecule is CS(=O)(=O)c1cccc(C(=O)OCc2ccc(C#N)cc2F)c1. The van der Waals surface area contributed by atoms with Crippen LogP contribution in [0.1, 0.15) is 21.5 Å². The average Bonchev–Trinajstić information content (AvgIpc) is 2.52. The first-order chi connectivity index (χ1) is 10.8. The molecule has 23 heavy (non-hydrogen) atoms. The molecule has 2 aromatic carbocycles. The van der Waals surface area contributed by atoms with Crippen LogP contribution in [0, 0.1) is 17.1 Å².